The summed E-state index contributed by atoms with van der Waals surface area (Å²) in [5.41, 5.74) is 0.736. The van der Waals surface area contributed by atoms with E-state index in [-0.39, 0.29) is 5.54 Å². The van der Waals surface area contributed by atoms with Gasteiger partial charge < -0.3 is 0 Å². The van der Waals surface area contributed by atoms with E-state index in [1.807, 2.05) is 44.2 Å². The van der Waals surface area contributed by atoms with E-state index in [1.54, 1.807) is 7.05 Å². The summed E-state index contributed by atoms with van der Waals surface area (Å²) in [6, 6.07) is 9.84. The van der Waals surface area contributed by atoms with E-state index in [9.17, 15) is 4.91 Å². The molecule has 0 aromatic heterocycles. The molecule has 0 saturated carbocycles. The van der Waals surface area contributed by atoms with Gasteiger partial charge in [0.05, 0.1) is 10.8 Å². The van der Waals surface area contributed by atoms with Gasteiger partial charge in [0.15, 0.2) is 0 Å². The molecule has 1 aromatic carbocycles. The highest BCUT2D eigenvalue weighted by Gasteiger charge is 2.25. The number of hydrogen-bond acceptors (Lipinski definition) is 2. The Kier molecular flexibility index (Phi) is 2.66. The van der Waals surface area contributed by atoms with E-state index >= 15 is 0 Å². The Hall–Kier alpha value is -1.38. The minimum Gasteiger partial charge on any atom is -0.254 e. The van der Waals surface area contributed by atoms with E-state index in [1.165, 1.54) is 5.01 Å². The smallest absolute Gasteiger partial charge is 0.0800 e. The van der Waals surface area contributed by atoms with Gasteiger partial charge in [0.2, 0.25) is 0 Å². The molecular weight excluding hydrogens is 164 g/mol. The van der Waals surface area contributed by atoms with Crippen LogP contribution < -0.4 is 0 Å². The largest absolute Gasteiger partial charge is 0.254 e. The Morgan fingerprint density at radius 2 is 1.77 bits per heavy atom. The van der Waals surface area contributed by atoms with Gasteiger partial charge in [-0.3, -0.25) is 5.01 Å². The predicted molar refractivity (Wildman–Crippen MR) is 53.0 cm³/mol. The van der Waals surface area contributed by atoms with Crippen molar-refractivity contribution in [2.75, 3.05) is 7.05 Å². The summed E-state index contributed by atoms with van der Waals surface area (Å²) in [5.74, 6) is 0. The molecule has 1 aromatic rings. The Morgan fingerprint density at radius 1 is 1.23 bits per heavy atom. The average Bonchev–Trinajstić information content (AvgIpc) is 2.18. The maximum absolute atomic E-state index is 10.4. The third-order valence-corrected chi connectivity index (χ3v) is 2.41. The van der Waals surface area contributed by atoms with Crippen molar-refractivity contribution in [2.45, 2.75) is 19.4 Å². The zero-order valence-electron chi connectivity index (χ0n) is 8.19. The minimum atomic E-state index is -0.344. The molecule has 0 aliphatic rings. The summed E-state index contributed by atoms with van der Waals surface area (Å²) in [7, 11) is 1.68. The number of rotatable bonds is 3. The molecule has 0 aliphatic heterocycles. The van der Waals surface area contributed by atoms with Crippen LogP contribution in [0.1, 0.15) is 19.4 Å². The van der Waals surface area contributed by atoms with Crippen LogP contribution in [0.15, 0.2) is 35.6 Å². The molecule has 0 atom stereocenters. The zero-order chi connectivity index (χ0) is 9.90. The molecule has 0 fully saturated rings. The molecule has 13 heavy (non-hydrogen) atoms. The zero-order valence-corrected chi connectivity index (χ0v) is 8.19. The van der Waals surface area contributed by atoms with Gasteiger partial charge in [0, 0.05) is 7.05 Å². The molecule has 3 nitrogen and oxygen atoms in total. The van der Waals surface area contributed by atoms with Crippen LogP contribution in [0.3, 0.4) is 0 Å². The molecule has 0 unspecified atom stereocenters. The van der Waals surface area contributed by atoms with E-state index in [4.69, 9.17) is 0 Å². The highest BCUT2D eigenvalue weighted by molar-refractivity contribution is 5.22. The third-order valence-electron chi connectivity index (χ3n) is 2.41. The van der Waals surface area contributed by atoms with Crippen LogP contribution in [0.4, 0.5) is 0 Å². The van der Waals surface area contributed by atoms with Gasteiger partial charge in [-0.25, -0.2) is 0 Å². The monoisotopic (exact) mass is 178 g/mol. The first-order chi connectivity index (χ1) is 6.09. The van der Waals surface area contributed by atoms with E-state index in [0.29, 0.717) is 0 Å². The molecular formula is C10H14N2O. The number of hydrogen-bond donors (Lipinski definition) is 0. The first-order valence-electron chi connectivity index (χ1n) is 4.21. The van der Waals surface area contributed by atoms with Crippen LogP contribution in [0.25, 0.3) is 0 Å². The highest BCUT2D eigenvalue weighted by Crippen LogP contribution is 2.25. The van der Waals surface area contributed by atoms with Gasteiger partial charge in [0.25, 0.3) is 0 Å². The SMILES string of the molecule is CN(N=O)C(C)(C)c1ccccc1. The second kappa shape index (κ2) is 3.56. The van der Waals surface area contributed by atoms with Crippen molar-refractivity contribution in [1.82, 2.24) is 5.01 Å². The first-order valence-corrected chi connectivity index (χ1v) is 4.21. The quantitative estimate of drug-likeness (QED) is 0.526. The van der Waals surface area contributed by atoms with Crippen LogP contribution in [-0.4, -0.2) is 12.1 Å². The lowest BCUT2D eigenvalue weighted by Crippen LogP contribution is -2.34. The fraction of sp³-hybridized carbons (Fsp3) is 0.400. The Bertz CT molecular complexity index is 282. The van der Waals surface area contributed by atoms with Gasteiger partial charge in [-0.2, -0.15) is 0 Å². The second-order valence-corrected chi connectivity index (χ2v) is 3.53. The van der Waals surface area contributed by atoms with E-state index < -0.39 is 0 Å². The van der Waals surface area contributed by atoms with Crippen molar-refractivity contribution in [1.29, 1.82) is 0 Å². The van der Waals surface area contributed by atoms with Gasteiger partial charge in [0.1, 0.15) is 0 Å². The maximum Gasteiger partial charge on any atom is 0.0800 e. The van der Waals surface area contributed by atoms with Crippen molar-refractivity contribution < 1.29 is 0 Å². The van der Waals surface area contributed by atoms with Crippen LogP contribution in [0.5, 0.6) is 0 Å². The maximum atomic E-state index is 10.4. The lowest BCUT2D eigenvalue weighted by Gasteiger charge is -2.31. The molecule has 1 rings (SSSR count). The van der Waals surface area contributed by atoms with Gasteiger partial charge in [-0.1, -0.05) is 30.3 Å². The third kappa shape index (κ3) is 1.86. The number of benzene rings is 1. The second-order valence-electron chi connectivity index (χ2n) is 3.53. The fourth-order valence-corrected chi connectivity index (χ4v) is 1.13. The lowest BCUT2D eigenvalue weighted by molar-refractivity contribution is 0.160. The Morgan fingerprint density at radius 3 is 2.23 bits per heavy atom. The summed E-state index contributed by atoms with van der Waals surface area (Å²) < 4.78 is 0. The van der Waals surface area contributed by atoms with Gasteiger partial charge >= 0.3 is 0 Å². The molecule has 0 aliphatic carbocycles. The molecule has 0 spiro atoms. The Labute approximate surface area is 78.3 Å². The average molecular weight is 178 g/mol. The van der Waals surface area contributed by atoms with Crippen molar-refractivity contribution in [3.05, 3.63) is 40.8 Å². The fourth-order valence-electron chi connectivity index (χ4n) is 1.13. The van der Waals surface area contributed by atoms with Crippen molar-refractivity contribution in [3.63, 3.8) is 0 Å². The van der Waals surface area contributed by atoms with Crippen molar-refractivity contribution in [3.8, 4) is 0 Å². The molecule has 0 radical (unpaired) electrons. The van der Waals surface area contributed by atoms with Crippen LogP contribution >= 0.6 is 0 Å². The normalized spacial score (nSPS) is 11.0. The topological polar surface area (TPSA) is 32.7 Å². The molecule has 0 bridgehead atoms. The summed E-state index contributed by atoms with van der Waals surface area (Å²) in [6.45, 7) is 3.92. The van der Waals surface area contributed by atoms with Crippen LogP contribution in [0, 0.1) is 4.91 Å². The molecule has 3 heteroatoms. The number of nitroso groups, excluding NO2 is 1. The molecule has 0 amide bonds. The highest BCUT2D eigenvalue weighted by atomic mass is 16.3. The molecule has 70 valence electrons. The summed E-state index contributed by atoms with van der Waals surface area (Å²) >= 11 is 0. The van der Waals surface area contributed by atoms with Crippen molar-refractivity contribution >= 4 is 0 Å². The lowest BCUT2D eigenvalue weighted by atomic mass is 9.94. The Balaban J connectivity index is 3.00. The van der Waals surface area contributed by atoms with Crippen LogP contribution in [0.2, 0.25) is 0 Å². The van der Waals surface area contributed by atoms with E-state index in [2.05, 4.69) is 5.29 Å². The molecule has 0 saturated heterocycles. The van der Waals surface area contributed by atoms with E-state index in [0.717, 1.165) is 5.56 Å². The summed E-state index contributed by atoms with van der Waals surface area (Å²) in [4.78, 5) is 10.4. The summed E-state index contributed by atoms with van der Waals surface area (Å²) in [5, 5.41) is 4.34. The first kappa shape index (κ1) is 9.71. The van der Waals surface area contributed by atoms with Gasteiger partial charge in [-0.05, 0) is 19.4 Å². The minimum absolute atomic E-state index is 0.344. The molecule has 0 heterocycles. The van der Waals surface area contributed by atoms with Gasteiger partial charge in [-0.15, -0.1) is 4.91 Å². The summed E-state index contributed by atoms with van der Waals surface area (Å²) in [6.07, 6.45) is 0. The van der Waals surface area contributed by atoms with Crippen molar-refractivity contribution in [2.24, 2.45) is 5.29 Å². The van der Waals surface area contributed by atoms with Crippen LogP contribution in [-0.2, 0) is 5.54 Å². The standard InChI is InChI=1S/C10H14N2O/c1-10(2,12(3)11-13)9-7-5-4-6-8-9/h4-8H,1-3H3. The molecule has 0 N–H and O–H groups in total. The predicted octanol–water partition coefficient (Wildman–Crippen LogP) is 2.53. The number of nitrogens with zero attached hydrogens (tertiary/aromatic N) is 2.